The Hall–Kier alpha value is -2.57. The third-order valence-corrected chi connectivity index (χ3v) is 3.92. The number of hydrogen-bond donors (Lipinski definition) is 1. The fraction of sp³-hybridized carbons (Fsp3) is 0.294. The first kappa shape index (κ1) is 17.8. The predicted molar refractivity (Wildman–Crippen MR) is 85.2 cm³/mol. The summed E-state index contributed by atoms with van der Waals surface area (Å²) in [7, 11) is 1.52. The molecule has 1 heterocycles. The van der Waals surface area contributed by atoms with Gasteiger partial charge in [0.1, 0.15) is 0 Å². The van der Waals surface area contributed by atoms with Crippen LogP contribution in [0.4, 0.5) is 18.9 Å². The number of nitrogens with zero attached hydrogens (tertiary/aromatic N) is 1. The van der Waals surface area contributed by atoms with Gasteiger partial charge in [0.15, 0.2) is 0 Å². The molecule has 2 aromatic rings. The van der Waals surface area contributed by atoms with E-state index in [2.05, 4.69) is 5.32 Å². The van der Waals surface area contributed by atoms with E-state index >= 15 is 0 Å². The second kappa shape index (κ2) is 6.14. The molecule has 0 unspecified atom stereocenters. The Kier molecular flexibility index (Phi) is 4.55. The molecule has 1 amide bonds. The first-order valence-electron chi connectivity index (χ1n) is 7.17. The largest absolute Gasteiger partial charge is 0.397 e. The van der Waals surface area contributed by atoms with Crippen LogP contribution in [-0.2, 0) is 12.5 Å². The number of halogens is 3. The van der Waals surface area contributed by atoms with Gasteiger partial charge < -0.3 is 9.88 Å². The molecule has 0 bridgehead atoms. The summed E-state index contributed by atoms with van der Waals surface area (Å²) in [5.74, 6) is -0.451. The number of carbonyl (C=O) groups is 1. The normalized spacial score (nSPS) is 12.1. The van der Waals surface area contributed by atoms with Crippen molar-refractivity contribution in [1.82, 2.24) is 4.57 Å². The number of alkyl halides is 3. The van der Waals surface area contributed by atoms with Crippen molar-refractivity contribution < 1.29 is 18.0 Å². The summed E-state index contributed by atoms with van der Waals surface area (Å²) in [6.45, 7) is 2.20. The van der Waals surface area contributed by atoms with E-state index in [0.717, 1.165) is 13.8 Å². The van der Waals surface area contributed by atoms with E-state index in [1.54, 1.807) is 0 Å². The summed E-state index contributed by atoms with van der Waals surface area (Å²) in [6.07, 6.45) is -2.98. The van der Waals surface area contributed by atoms with Crippen molar-refractivity contribution in [2.45, 2.75) is 25.4 Å². The fourth-order valence-electron chi connectivity index (χ4n) is 2.07. The number of rotatable bonds is 3. The zero-order valence-electron chi connectivity index (χ0n) is 13.4. The lowest BCUT2D eigenvalue weighted by Crippen LogP contribution is -2.36. The van der Waals surface area contributed by atoms with Crippen molar-refractivity contribution >= 4 is 11.6 Å². The highest BCUT2D eigenvalue weighted by atomic mass is 19.4. The lowest BCUT2D eigenvalue weighted by Gasteiger charge is -2.28. The monoisotopic (exact) mass is 338 g/mol. The van der Waals surface area contributed by atoms with E-state index in [0.29, 0.717) is 5.69 Å². The van der Waals surface area contributed by atoms with Crippen LogP contribution in [0.2, 0.25) is 0 Å². The molecule has 7 heteroatoms. The molecule has 0 aliphatic rings. The second-order valence-corrected chi connectivity index (χ2v) is 6.02. The number of pyridine rings is 1. The van der Waals surface area contributed by atoms with Crippen molar-refractivity contribution in [2.75, 3.05) is 5.32 Å². The van der Waals surface area contributed by atoms with Crippen LogP contribution in [-0.4, -0.2) is 16.7 Å². The van der Waals surface area contributed by atoms with Gasteiger partial charge in [0, 0.05) is 25.0 Å². The van der Waals surface area contributed by atoms with Crippen molar-refractivity contribution in [3.63, 3.8) is 0 Å². The van der Waals surface area contributed by atoms with E-state index in [4.69, 9.17) is 0 Å². The van der Waals surface area contributed by atoms with E-state index in [9.17, 15) is 22.8 Å². The molecule has 1 N–H and O–H groups in total. The Morgan fingerprint density at radius 1 is 1.04 bits per heavy atom. The van der Waals surface area contributed by atoms with Crippen LogP contribution in [0, 0.1) is 0 Å². The van der Waals surface area contributed by atoms with Gasteiger partial charge in [-0.15, -0.1) is 0 Å². The number of anilines is 1. The van der Waals surface area contributed by atoms with Crippen molar-refractivity contribution in [2.24, 2.45) is 7.05 Å². The van der Waals surface area contributed by atoms with Gasteiger partial charge in [-0.2, -0.15) is 13.2 Å². The van der Waals surface area contributed by atoms with Gasteiger partial charge in [0.05, 0.1) is 11.0 Å². The summed E-state index contributed by atoms with van der Waals surface area (Å²) in [6, 6.07) is 8.17. The smallest absolute Gasteiger partial charge is 0.322 e. The minimum Gasteiger partial charge on any atom is -0.322 e. The Morgan fingerprint density at radius 3 is 2.12 bits per heavy atom. The summed E-state index contributed by atoms with van der Waals surface area (Å²) < 4.78 is 40.3. The van der Waals surface area contributed by atoms with E-state index in [-0.39, 0.29) is 16.7 Å². The van der Waals surface area contributed by atoms with Crippen LogP contribution in [0.25, 0.3) is 0 Å². The Balaban J connectivity index is 2.18. The van der Waals surface area contributed by atoms with Gasteiger partial charge in [-0.05, 0) is 37.6 Å². The van der Waals surface area contributed by atoms with Gasteiger partial charge in [-0.3, -0.25) is 9.59 Å². The Morgan fingerprint density at radius 2 is 1.62 bits per heavy atom. The number of benzene rings is 1. The van der Waals surface area contributed by atoms with Gasteiger partial charge in [0.25, 0.3) is 5.91 Å². The number of carbonyl (C=O) groups excluding carboxylic acids is 1. The topological polar surface area (TPSA) is 51.1 Å². The summed E-state index contributed by atoms with van der Waals surface area (Å²) in [4.78, 5) is 23.4. The molecule has 0 spiro atoms. The number of nitrogens with one attached hydrogen (secondary N) is 1. The lowest BCUT2D eigenvalue weighted by molar-refractivity contribution is -0.180. The molecule has 0 radical (unpaired) electrons. The quantitative estimate of drug-likeness (QED) is 0.931. The maximum Gasteiger partial charge on any atom is 0.397 e. The highest BCUT2D eigenvalue weighted by Gasteiger charge is 2.48. The van der Waals surface area contributed by atoms with Gasteiger partial charge in [-0.1, -0.05) is 12.1 Å². The third-order valence-electron chi connectivity index (χ3n) is 3.92. The van der Waals surface area contributed by atoms with E-state index < -0.39 is 17.5 Å². The summed E-state index contributed by atoms with van der Waals surface area (Å²) in [5, 5.41) is 2.59. The predicted octanol–water partition coefficient (Wildman–Crippen LogP) is 3.48. The molecule has 128 valence electrons. The molecule has 4 nitrogen and oxygen atoms in total. The molecule has 0 fully saturated rings. The zero-order valence-corrected chi connectivity index (χ0v) is 13.4. The standard InChI is InChI=1S/C17H17F3N2O2/c1-16(2,17(18,19)20)12-5-7-13(8-6-12)21-15(24)11-4-9-14(23)22(3)10-11/h4-10H,1-3H3,(H,21,24). The summed E-state index contributed by atoms with van der Waals surface area (Å²) >= 11 is 0. The zero-order chi connectivity index (χ0) is 18.1. The molecule has 24 heavy (non-hydrogen) atoms. The molecule has 0 saturated heterocycles. The Bertz CT molecular complexity index is 806. The number of amides is 1. The molecule has 0 saturated carbocycles. The SMILES string of the molecule is Cn1cc(C(=O)Nc2ccc(C(C)(C)C(F)(F)F)cc2)ccc1=O. The van der Waals surface area contributed by atoms with Crippen molar-refractivity contribution in [3.05, 3.63) is 64.1 Å². The van der Waals surface area contributed by atoms with E-state index in [1.165, 1.54) is 54.2 Å². The minimum absolute atomic E-state index is 0.107. The second-order valence-electron chi connectivity index (χ2n) is 6.02. The lowest BCUT2D eigenvalue weighted by atomic mass is 9.84. The van der Waals surface area contributed by atoms with Crippen LogP contribution in [0.1, 0.15) is 29.8 Å². The average Bonchev–Trinajstić information content (AvgIpc) is 2.49. The first-order chi connectivity index (χ1) is 11.0. The van der Waals surface area contributed by atoms with Crippen molar-refractivity contribution in [3.8, 4) is 0 Å². The molecule has 0 aliphatic carbocycles. The Labute approximate surface area is 136 Å². The van der Waals surface area contributed by atoms with Gasteiger partial charge >= 0.3 is 6.18 Å². The highest BCUT2D eigenvalue weighted by molar-refractivity contribution is 6.04. The number of hydrogen-bond acceptors (Lipinski definition) is 2. The molecule has 0 atom stereocenters. The minimum atomic E-state index is -4.37. The fourth-order valence-corrected chi connectivity index (χ4v) is 2.07. The van der Waals surface area contributed by atoms with Crippen LogP contribution in [0.15, 0.2) is 47.4 Å². The van der Waals surface area contributed by atoms with Crippen LogP contribution in [0.3, 0.4) is 0 Å². The molecule has 1 aromatic carbocycles. The van der Waals surface area contributed by atoms with Crippen LogP contribution >= 0.6 is 0 Å². The molecule has 0 aliphatic heterocycles. The number of aryl methyl sites for hydroxylation is 1. The van der Waals surface area contributed by atoms with Crippen LogP contribution < -0.4 is 10.9 Å². The van der Waals surface area contributed by atoms with Crippen LogP contribution in [0.5, 0.6) is 0 Å². The molecule has 2 rings (SSSR count). The first-order valence-corrected chi connectivity index (χ1v) is 7.17. The van der Waals surface area contributed by atoms with Gasteiger partial charge in [0.2, 0.25) is 5.56 Å². The molecular weight excluding hydrogens is 321 g/mol. The van der Waals surface area contributed by atoms with E-state index in [1.807, 2.05) is 0 Å². The number of aromatic nitrogens is 1. The average molecular weight is 338 g/mol. The third kappa shape index (κ3) is 3.50. The molecule has 1 aromatic heterocycles. The highest BCUT2D eigenvalue weighted by Crippen LogP contribution is 2.40. The van der Waals surface area contributed by atoms with Gasteiger partial charge in [-0.25, -0.2) is 0 Å². The maximum atomic E-state index is 13.0. The summed E-state index contributed by atoms with van der Waals surface area (Å²) in [5.41, 5.74) is -1.47. The molecular formula is C17H17F3N2O2. The van der Waals surface area contributed by atoms with Crippen molar-refractivity contribution in [1.29, 1.82) is 0 Å². The maximum absolute atomic E-state index is 13.0.